The Morgan fingerprint density at radius 1 is 1.05 bits per heavy atom. The lowest BCUT2D eigenvalue weighted by Crippen LogP contribution is -2.03. The van der Waals surface area contributed by atoms with Gasteiger partial charge in [0.25, 0.3) is 0 Å². The first-order chi connectivity index (χ1) is 9.15. The van der Waals surface area contributed by atoms with Gasteiger partial charge >= 0.3 is 5.69 Å². The fourth-order valence-electron chi connectivity index (χ4n) is 2.42. The van der Waals surface area contributed by atoms with E-state index in [-0.39, 0.29) is 22.8 Å². The molecule has 0 atom stereocenters. The van der Waals surface area contributed by atoms with Crippen LogP contribution in [0.4, 0.5) is 5.69 Å². The first kappa shape index (κ1) is 11.4. The number of carbonyl (C=O) groups excluding carboxylic acids is 1. The summed E-state index contributed by atoms with van der Waals surface area (Å²) in [5.41, 5.74) is 1.67. The molecule has 2 aromatic carbocycles. The van der Waals surface area contributed by atoms with Gasteiger partial charge in [-0.2, -0.15) is 0 Å². The summed E-state index contributed by atoms with van der Waals surface area (Å²) < 4.78 is 4.99. The summed E-state index contributed by atoms with van der Waals surface area (Å²) in [4.78, 5) is 23.0. The Morgan fingerprint density at radius 3 is 2.37 bits per heavy atom. The van der Waals surface area contributed by atoms with Crippen LogP contribution in [0.2, 0.25) is 0 Å². The topological polar surface area (TPSA) is 69.4 Å². The highest BCUT2D eigenvalue weighted by molar-refractivity contribution is 6.24. The maximum absolute atomic E-state index is 12.3. The van der Waals surface area contributed by atoms with Gasteiger partial charge in [0.1, 0.15) is 5.56 Å². The molecular weight excluding hydrogens is 246 g/mol. The van der Waals surface area contributed by atoms with Crippen LogP contribution >= 0.6 is 0 Å². The third-order valence-electron chi connectivity index (χ3n) is 3.23. The van der Waals surface area contributed by atoms with Gasteiger partial charge in [-0.1, -0.05) is 24.3 Å². The number of hydrogen-bond acceptors (Lipinski definition) is 4. The van der Waals surface area contributed by atoms with E-state index >= 15 is 0 Å². The fourth-order valence-corrected chi connectivity index (χ4v) is 2.42. The number of fused-ring (bicyclic) bond motifs is 3. The number of nitro benzene ring substituents is 1. The van der Waals surface area contributed by atoms with Gasteiger partial charge in [-0.15, -0.1) is 0 Å². The van der Waals surface area contributed by atoms with Crippen molar-refractivity contribution in [1.29, 1.82) is 0 Å². The molecule has 1 aliphatic carbocycles. The minimum atomic E-state index is -0.568. The van der Waals surface area contributed by atoms with Crippen LogP contribution in [0, 0.1) is 10.1 Å². The van der Waals surface area contributed by atoms with Crippen LogP contribution in [-0.2, 0) is 0 Å². The molecule has 0 radical (unpaired) electrons. The number of ketones is 1. The molecule has 0 aliphatic heterocycles. The summed E-state index contributed by atoms with van der Waals surface area (Å²) >= 11 is 0. The quantitative estimate of drug-likeness (QED) is 0.521. The zero-order valence-corrected chi connectivity index (χ0v) is 10.0. The Bertz CT molecular complexity index is 721. The van der Waals surface area contributed by atoms with Crippen LogP contribution in [0.25, 0.3) is 11.1 Å². The second-order valence-electron chi connectivity index (χ2n) is 4.17. The van der Waals surface area contributed by atoms with E-state index in [1.165, 1.54) is 13.2 Å². The van der Waals surface area contributed by atoms with Crippen LogP contribution in [0.15, 0.2) is 36.4 Å². The van der Waals surface area contributed by atoms with Crippen molar-refractivity contribution in [2.24, 2.45) is 0 Å². The average Bonchev–Trinajstić information content (AvgIpc) is 2.72. The van der Waals surface area contributed by atoms with Crippen molar-refractivity contribution < 1.29 is 14.5 Å². The summed E-state index contributed by atoms with van der Waals surface area (Å²) in [5, 5.41) is 11.2. The molecule has 0 bridgehead atoms. The van der Waals surface area contributed by atoms with Crippen LogP contribution in [0.5, 0.6) is 5.75 Å². The van der Waals surface area contributed by atoms with E-state index in [1.807, 2.05) is 0 Å². The number of ether oxygens (including phenoxy) is 1. The molecule has 1 aliphatic rings. The molecule has 0 saturated heterocycles. The van der Waals surface area contributed by atoms with Crippen molar-refractivity contribution >= 4 is 11.5 Å². The van der Waals surface area contributed by atoms with Crippen molar-refractivity contribution in [3.8, 4) is 16.9 Å². The number of nitro groups is 1. The second-order valence-corrected chi connectivity index (χ2v) is 4.17. The minimum Gasteiger partial charge on any atom is -0.490 e. The van der Waals surface area contributed by atoms with Crippen LogP contribution in [-0.4, -0.2) is 17.8 Å². The zero-order valence-electron chi connectivity index (χ0n) is 10.0. The highest BCUT2D eigenvalue weighted by atomic mass is 16.6. The summed E-state index contributed by atoms with van der Waals surface area (Å²) in [5.74, 6) is -0.221. The number of methoxy groups -OCH3 is 1. The number of rotatable bonds is 2. The van der Waals surface area contributed by atoms with Gasteiger partial charge in [0.15, 0.2) is 5.75 Å². The number of benzene rings is 2. The Balaban J connectivity index is 2.38. The van der Waals surface area contributed by atoms with Crippen molar-refractivity contribution in [2.45, 2.75) is 0 Å². The van der Waals surface area contributed by atoms with Crippen molar-refractivity contribution in [3.05, 3.63) is 57.6 Å². The smallest absolute Gasteiger partial charge is 0.322 e. The van der Waals surface area contributed by atoms with Gasteiger partial charge in [0.2, 0.25) is 5.78 Å². The third kappa shape index (κ3) is 1.45. The molecule has 0 N–H and O–H groups in total. The average molecular weight is 255 g/mol. The summed E-state index contributed by atoms with van der Waals surface area (Å²) in [6, 6.07) is 10.2. The Hall–Kier alpha value is -2.69. The molecule has 3 rings (SSSR count). The maximum Gasteiger partial charge on any atom is 0.322 e. The van der Waals surface area contributed by atoms with Crippen LogP contribution in [0.3, 0.4) is 0 Å². The lowest BCUT2D eigenvalue weighted by molar-refractivity contribution is -0.385. The molecule has 5 nitrogen and oxygen atoms in total. The third-order valence-corrected chi connectivity index (χ3v) is 3.23. The molecule has 0 heterocycles. The Morgan fingerprint density at radius 2 is 1.74 bits per heavy atom. The van der Waals surface area contributed by atoms with E-state index < -0.39 is 4.92 Å². The maximum atomic E-state index is 12.3. The molecule has 5 heteroatoms. The van der Waals surface area contributed by atoms with Gasteiger partial charge in [-0.3, -0.25) is 14.9 Å². The molecule has 0 fully saturated rings. The highest BCUT2D eigenvalue weighted by Gasteiger charge is 2.36. The van der Waals surface area contributed by atoms with E-state index in [9.17, 15) is 14.9 Å². The van der Waals surface area contributed by atoms with Crippen molar-refractivity contribution in [1.82, 2.24) is 0 Å². The summed E-state index contributed by atoms with van der Waals surface area (Å²) in [6.45, 7) is 0. The predicted molar refractivity (Wildman–Crippen MR) is 68.5 cm³/mol. The molecular formula is C14H9NO4. The molecule has 0 amide bonds. The summed E-state index contributed by atoms with van der Waals surface area (Å²) in [6.07, 6.45) is 0. The zero-order chi connectivity index (χ0) is 13.6. The van der Waals surface area contributed by atoms with Gasteiger partial charge < -0.3 is 4.74 Å². The Labute approximate surface area is 108 Å². The van der Waals surface area contributed by atoms with Gasteiger partial charge in [0, 0.05) is 11.1 Å². The normalized spacial score (nSPS) is 11.9. The van der Waals surface area contributed by atoms with Gasteiger partial charge in [-0.25, -0.2) is 0 Å². The Kier molecular flexibility index (Phi) is 2.35. The van der Waals surface area contributed by atoms with Crippen molar-refractivity contribution in [2.75, 3.05) is 7.11 Å². The van der Waals surface area contributed by atoms with Gasteiger partial charge in [0.05, 0.1) is 12.0 Å². The van der Waals surface area contributed by atoms with Crippen LogP contribution < -0.4 is 4.74 Å². The molecule has 19 heavy (non-hydrogen) atoms. The largest absolute Gasteiger partial charge is 0.490 e. The van der Waals surface area contributed by atoms with Crippen LogP contribution in [0.1, 0.15) is 15.9 Å². The number of carbonyl (C=O) groups is 1. The lowest BCUT2D eigenvalue weighted by atomic mass is 10.0. The first-order valence-electron chi connectivity index (χ1n) is 5.64. The van der Waals surface area contributed by atoms with E-state index in [0.29, 0.717) is 11.1 Å². The molecule has 0 saturated carbocycles. The second kappa shape index (κ2) is 3.91. The number of hydrogen-bond donors (Lipinski definition) is 0. The van der Waals surface area contributed by atoms with E-state index in [1.54, 1.807) is 30.3 Å². The standard InChI is InChI=1S/C14H9NO4/c1-19-11-7-6-9-8-4-2-3-5-10(8)14(16)12(9)13(11)15(17)18/h2-7H,1H3. The van der Waals surface area contributed by atoms with Gasteiger partial charge in [-0.05, 0) is 17.7 Å². The van der Waals surface area contributed by atoms with E-state index in [0.717, 1.165) is 5.56 Å². The monoisotopic (exact) mass is 255 g/mol. The van der Waals surface area contributed by atoms with E-state index in [2.05, 4.69) is 0 Å². The summed E-state index contributed by atoms with van der Waals surface area (Å²) in [7, 11) is 1.35. The molecule has 0 aromatic heterocycles. The predicted octanol–water partition coefficient (Wildman–Crippen LogP) is 2.81. The molecule has 0 spiro atoms. The van der Waals surface area contributed by atoms with Crippen molar-refractivity contribution in [3.63, 3.8) is 0 Å². The first-order valence-corrected chi connectivity index (χ1v) is 5.64. The fraction of sp³-hybridized carbons (Fsp3) is 0.0714. The molecule has 2 aromatic rings. The SMILES string of the molecule is COc1ccc2c(c1[N+](=O)[O-])C(=O)c1ccccc1-2. The van der Waals surface area contributed by atoms with E-state index in [4.69, 9.17) is 4.74 Å². The molecule has 0 unspecified atom stereocenters. The highest BCUT2D eigenvalue weighted by Crippen LogP contribution is 2.44. The minimum absolute atomic E-state index is 0.102. The number of nitrogens with zero attached hydrogens (tertiary/aromatic N) is 1. The molecule has 94 valence electrons. The lowest BCUT2D eigenvalue weighted by Gasteiger charge is -2.05.